The fourth-order valence-electron chi connectivity index (χ4n) is 4.30. The number of hydrogen-bond donors (Lipinski definition) is 1. The second-order valence-electron chi connectivity index (χ2n) is 8.65. The second kappa shape index (κ2) is 10.4. The van der Waals surface area contributed by atoms with Crippen molar-refractivity contribution in [2.75, 3.05) is 53.6 Å². The van der Waals surface area contributed by atoms with Crippen molar-refractivity contribution < 1.29 is 19.0 Å². The summed E-state index contributed by atoms with van der Waals surface area (Å²) in [5, 5.41) is 7.58. The lowest BCUT2D eigenvalue weighted by atomic mass is 10.1. The molecule has 0 unspecified atom stereocenters. The Kier molecular flexibility index (Phi) is 6.91. The summed E-state index contributed by atoms with van der Waals surface area (Å²) in [4.78, 5) is 24.6. The van der Waals surface area contributed by atoms with Gasteiger partial charge in [0, 0.05) is 43.9 Å². The molecule has 1 amide bonds. The average Bonchev–Trinajstić information content (AvgIpc) is 3.66. The minimum atomic E-state index is -0.114. The van der Waals surface area contributed by atoms with Gasteiger partial charge in [0.2, 0.25) is 0 Å². The molecule has 10 nitrogen and oxygen atoms in total. The summed E-state index contributed by atoms with van der Waals surface area (Å²) in [5.41, 5.74) is 2.92. The summed E-state index contributed by atoms with van der Waals surface area (Å²) in [6.07, 6.45) is 5.35. The highest BCUT2D eigenvalue weighted by Gasteiger charge is 2.33. The summed E-state index contributed by atoms with van der Waals surface area (Å²) < 4.78 is 18.0. The molecule has 2 aliphatic rings. The van der Waals surface area contributed by atoms with Crippen LogP contribution in [0.5, 0.6) is 11.5 Å². The van der Waals surface area contributed by atoms with E-state index in [4.69, 9.17) is 19.2 Å². The third-order valence-corrected chi connectivity index (χ3v) is 6.35. The van der Waals surface area contributed by atoms with Crippen molar-refractivity contribution in [2.45, 2.75) is 18.8 Å². The van der Waals surface area contributed by atoms with E-state index >= 15 is 0 Å². The van der Waals surface area contributed by atoms with Crippen molar-refractivity contribution in [3.63, 3.8) is 0 Å². The van der Waals surface area contributed by atoms with Gasteiger partial charge in [-0.3, -0.25) is 9.69 Å². The van der Waals surface area contributed by atoms with Crippen LogP contribution in [0.4, 0.5) is 0 Å². The second-order valence-corrected chi connectivity index (χ2v) is 8.65. The molecular formula is C25H30N6O4. The number of carbonyl (C=O) groups excluding carboxylic acids is 1. The normalized spacial score (nSPS) is 16.2. The Balaban J connectivity index is 1.39. The van der Waals surface area contributed by atoms with Crippen LogP contribution in [0.15, 0.2) is 36.7 Å². The summed E-state index contributed by atoms with van der Waals surface area (Å²) in [5.74, 6) is 1.96. The zero-order valence-corrected chi connectivity index (χ0v) is 20.1. The highest BCUT2D eigenvalue weighted by molar-refractivity contribution is 5.95. The maximum Gasteiger partial charge on any atom is 0.254 e. The van der Waals surface area contributed by atoms with Gasteiger partial charge in [-0.05, 0) is 37.1 Å². The summed E-state index contributed by atoms with van der Waals surface area (Å²) in [7, 11) is 3.24. The van der Waals surface area contributed by atoms with Gasteiger partial charge in [-0.25, -0.2) is 14.6 Å². The molecule has 2 aromatic heterocycles. The molecule has 1 N–H and O–H groups in total. The van der Waals surface area contributed by atoms with Crippen molar-refractivity contribution in [3.05, 3.63) is 47.9 Å². The van der Waals surface area contributed by atoms with Crippen LogP contribution in [0.2, 0.25) is 0 Å². The van der Waals surface area contributed by atoms with E-state index in [-0.39, 0.29) is 11.8 Å². The number of nitrogens with zero attached hydrogens (tertiary/aromatic N) is 5. The molecule has 1 aromatic carbocycles. The van der Waals surface area contributed by atoms with Crippen molar-refractivity contribution in [2.24, 2.45) is 0 Å². The summed E-state index contributed by atoms with van der Waals surface area (Å²) in [6, 6.07) is 7.38. The number of benzene rings is 1. The van der Waals surface area contributed by atoms with Gasteiger partial charge in [-0.15, -0.1) is 0 Å². The van der Waals surface area contributed by atoms with Crippen LogP contribution in [0.1, 0.15) is 34.8 Å². The molecule has 35 heavy (non-hydrogen) atoms. The number of amides is 1. The van der Waals surface area contributed by atoms with Crippen LogP contribution in [0.3, 0.4) is 0 Å². The van der Waals surface area contributed by atoms with Gasteiger partial charge in [0.1, 0.15) is 11.5 Å². The minimum Gasteiger partial charge on any atom is -0.497 e. The largest absolute Gasteiger partial charge is 0.497 e. The molecule has 1 aliphatic carbocycles. The number of ether oxygens (including phenoxy) is 3. The molecular weight excluding hydrogens is 448 g/mol. The predicted molar refractivity (Wildman–Crippen MR) is 129 cm³/mol. The first-order valence-corrected chi connectivity index (χ1v) is 11.9. The highest BCUT2D eigenvalue weighted by atomic mass is 16.5. The van der Waals surface area contributed by atoms with Crippen molar-refractivity contribution in [3.8, 4) is 28.7 Å². The fraction of sp³-hybridized carbons (Fsp3) is 0.440. The molecule has 3 aromatic rings. The smallest absolute Gasteiger partial charge is 0.254 e. The lowest BCUT2D eigenvalue weighted by Crippen LogP contribution is -2.41. The average molecular weight is 479 g/mol. The monoisotopic (exact) mass is 478 g/mol. The molecule has 10 heteroatoms. The molecule has 1 aliphatic heterocycles. The molecule has 1 saturated heterocycles. The van der Waals surface area contributed by atoms with E-state index in [1.165, 1.54) is 0 Å². The zero-order valence-electron chi connectivity index (χ0n) is 20.1. The molecule has 2 fully saturated rings. The Morgan fingerprint density at radius 2 is 2.00 bits per heavy atom. The Morgan fingerprint density at radius 3 is 2.74 bits per heavy atom. The van der Waals surface area contributed by atoms with E-state index in [0.717, 1.165) is 56.9 Å². The summed E-state index contributed by atoms with van der Waals surface area (Å²) >= 11 is 0. The van der Waals surface area contributed by atoms with Crippen LogP contribution in [0.25, 0.3) is 17.2 Å². The first-order valence-electron chi connectivity index (χ1n) is 11.9. The first-order chi connectivity index (χ1) is 17.2. The van der Waals surface area contributed by atoms with Gasteiger partial charge in [-0.1, -0.05) is 0 Å². The third kappa shape index (κ3) is 5.13. The lowest BCUT2D eigenvalue weighted by molar-refractivity contribution is 0.0383. The lowest BCUT2D eigenvalue weighted by Gasteiger charge is -2.26. The fourth-order valence-corrected chi connectivity index (χ4v) is 4.30. The maximum absolute atomic E-state index is 13.0. The van der Waals surface area contributed by atoms with Gasteiger partial charge in [0.15, 0.2) is 0 Å². The van der Waals surface area contributed by atoms with Crippen molar-refractivity contribution >= 4 is 5.91 Å². The standard InChI is InChI=1S/C25H30N6O4/c1-33-18-5-6-22(34-2)19(15-18)21-7-8-27-25(29-21)31-23(17-3-4-17)20(16-28-31)24(32)26-9-10-30-11-13-35-14-12-30/h5-8,15-17H,3-4,9-14H2,1-2H3,(H,26,32). The molecule has 0 spiro atoms. The van der Waals surface area contributed by atoms with E-state index in [0.29, 0.717) is 35.2 Å². The molecule has 184 valence electrons. The Bertz CT molecular complexity index is 1190. The SMILES string of the molecule is COc1ccc(OC)c(-c2ccnc(-n3ncc(C(=O)NCCN4CCOCC4)c3C3CC3)n2)c1. The number of aromatic nitrogens is 4. The number of nitrogens with one attached hydrogen (secondary N) is 1. The molecule has 1 saturated carbocycles. The number of hydrogen-bond acceptors (Lipinski definition) is 8. The summed E-state index contributed by atoms with van der Waals surface area (Å²) in [6.45, 7) is 4.66. The Labute approximate surface area is 204 Å². The van der Waals surface area contributed by atoms with Crippen LogP contribution in [0, 0.1) is 0 Å². The Hall–Kier alpha value is -3.50. The molecule has 0 atom stereocenters. The number of rotatable bonds is 9. The number of carbonyl (C=O) groups is 1. The van der Waals surface area contributed by atoms with Gasteiger partial charge in [-0.2, -0.15) is 5.10 Å². The van der Waals surface area contributed by atoms with E-state index in [2.05, 4.69) is 20.3 Å². The number of methoxy groups -OCH3 is 2. The van der Waals surface area contributed by atoms with Gasteiger partial charge >= 0.3 is 0 Å². The van der Waals surface area contributed by atoms with Gasteiger partial charge < -0.3 is 19.5 Å². The van der Waals surface area contributed by atoms with E-state index < -0.39 is 0 Å². The molecule has 0 bridgehead atoms. The molecule has 5 rings (SSSR count). The molecule has 3 heterocycles. The first kappa shape index (κ1) is 23.3. The zero-order chi connectivity index (χ0) is 24.2. The maximum atomic E-state index is 13.0. The highest BCUT2D eigenvalue weighted by Crippen LogP contribution is 2.42. The van der Waals surface area contributed by atoms with Crippen LogP contribution in [-0.2, 0) is 4.74 Å². The Morgan fingerprint density at radius 1 is 1.17 bits per heavy atom. The van der Waals surface area contributed by atoms with Crippen LogP contribution < -0.4 is 14.8 Å². The predicted octanol–water partition coefficient (Wildman–Crippen LogP) is 2.29. The van der Waals surface area contributed by atoms with E-state index in [9.17, 15) is 4.79 Å². The minimum absolute atomic E-state index is 0.114. The van der Waals surface area contributed by atoms with Crippen LogP contribution in [-0.4, -0.2) is 84.2 Å². The van der Waals surface area contributed by atoms with Crippen LogP contribution >= 0.6 is 0 Å². The molecule has 0 radical (unpaired) electrons. The topological polar surface area (TPSA) is 104 Å². The van der Waals surface area contributed by atoms with Crippen molar-refractivity contribution in [1.29, 1.82) is 0 Å². The van der Waals surface area contributed by atoms with Gasteiger partial charge in [0.05, 0.1) is 50.6 Å². The third-order valence-electron chi connectivity index (χ3n) is 6.35. The quantitative estimate of drug-likeness (QED) is 0.500. The van der Waals surface area contributed by atoms with E-state index in [1.807, 2.05) is 24.3 Å². The van der Waals surface area contributed by atoms with E-state index in [1.54, 1.807) is 31.3 Å². The van der Waals surface area contributed by atoms with Crippen molar-refractivity contribution in [1.82, 2.24) is 30.0 Å². The van der Waals surface area contributed by atoms with Gasteiger partial charge in [0.25, 0.3) is 11.9 Å². The number of morpholine rings is 1.